The number of rotatable bonds is 5. The zero-order valence-corrected chi connectivity index (χ0v) is 13.1. The number of halogens is 1. The average molecular weight is 368 g/mol. The molecule has 0 atom stereocenters. The number of aromatic carboxylic acids is 1. The molecule has 0 radical (unpaired) electrons. The van der Waals surface area contributed by atoms with E-state index in [1.807, 2.05) is 0 Å². The van der Waals surface area contributed by atoms with Crippen LogP contribution in [0.25, 0.3) is 0 Å². The van der Waals surface area contributed by atoms with Gasteiger partial charge in [-0.25, -0.2) is 4.79 Å². The molecule has 2 aromatic rings. The van der Waals surface area contributed by atoms with Crippen molar-refractivity contribution in [3.8, 4) is 0 Å². The average Bonchev–Trinajstić information content (AvgIpc) is 2.46. The summed E-state index contributed by atoms with van der Waals surface area (Å²) in [6, 6.07) is 11.4. The molecule has 0 saturated carbocycles. The van der Waals surface area contributed by atoms with Crippen LogP contribution >= 0.6 is 27.7 Å². The molecular weight excluding hydrogens is 358 g/mol. The largest absolute Gasteiger partial charge is 0.478 e. The van der Waals surface area contributed by atoms with E-state index in [9.17, 15) is 14.9 Å². The zero-order chi connectivity index (χ0) is 15.4. The lowest BCUT2D eigenvalue weighted by atomic mass is 10.2. The first kappa shape index (κ1) is 15.5. The Kier molecular flexibility index (Phi) is 4.98. The van der Waals surface area contributed by atoms with Gasteiger partial charge >= 0.3 is 5.97 Å². The fourth-order valence-electron chi connectivity index (χ4n) is 1.71. The molecule has 0 unspecified atom stereocenters. The predicted octanol–water partition coefficient (Wildman–Crippen LogP) is 4.35. The lowest BCUT2D eigenvalue weighted by Crippen LogP contribution is -1.96. The Balaban J connectivity index is 2.18. The summed E-state index contributed by atoms with van der Waals surface area (Å²) in [5.41, 5.74) is 0.838. The maximum absolute atomic E-state index is 11.0. The highest BCUT2D eigenvalue weighted by molar-refractivity contribution is 9.10. The van der Waals surface area contributed by atoms with Gasteiger partial charge in [-0.2, -0.15) is 0 Å². The highest BCUT2D eigenvalue weighted by Gasteiger charge is 2.14. The quantitative estimate of drug-likeness (QED) is 0.482. The smallest absolute Gasteiger partial charge is 0.335 e. The number of thioether (sulfide) groups is 1. The first-order chi connectivity index (χ1) is 9.97. The lowest BCUT2D eigenvalue weighted by Gasteiger charge is -2.05. The predicted molar refractivity (Wildman–Crippen MR) is 83.8 cm³/mol. The first-order valence-electron chi connectivity index (χ1n) is 5.86. The SMILES string of the molecule is O=C(O)c1cccc(SCc2ccc(Br)cc2[N+](=O)[O-])c1. The van der Waals surface area contributed by atoms with Crippen LogP contribution in [0.5, 0.6) is 0 Å². The van der Waals surface area contributed by atoms with E-state index in [1.54, 1.807) is 30.3 Å². The molecule has 21 heavy (non-hydrogen) atoms. The molecule has 1 N–H and O–H groups in total. The second-order valence-electron chi connectivity index (χ2n) is 4.15. The van der Waals surface area contributed by atoms with Crippen molar-refractivity contribution in [3.05, 3.63) is 68.2 Å². The van der Waals surface area contributed by atoms with Crippen LogP contribution in [0.15, 0.2) is 51.8 Å². The maximum Gasteiger partial charge on any atom is 0.335 e. The van der Waals surface area contributed by atoms with Crippen molar-refractivity contribution in [2.45, 2.75) is 10.6 Å². The monoisotopic (exact) mass is 367 g/mol. The molecule has 0 saturated heterocycles. The summed E-state index contributed by atoms with van der Waals surface area (Å²) in [6.07, 6.45) is 0. The van der Waals surface area contributed by atoms with E-state index < -0.39 is 10.9 Å². The first-order valence-corrected chi connectivity index (χ1v) is 7.64. The molecule has 0 bridgehead atoms. The van der Waals surface area contributed by atoms with Crippen molar-refractivity contribution < 1.29 is 14.8 Å². The molecule has 2 rings (SSSR count). The molecule has 0 spiro atoms. The van der Waals surface area contributed by atoms with Crippen LogP contribution < -0.4 is 0 Å². The zero-order valence-electron chi connectivity index (χ0n) is 10.7. The van der Waals surface area contributed by atoms with E-state index in [4.69, 9.17) is 5.11 Å². The molecule has 2 aromatic carbocycles. The standard InChI is InChI=1S/C14H10BrNO4S/c15-11-5-4-10(13(7-11)16(19)20)8-21-12-3-1-2-9(6-12)14(17)18/h1-7H,8H2,(H,17,18). The molecule has 0 aliphatic heterocycles. The van der Waals surface area contributed by atoms with Crippen molar-refractivity contribution in [1.82, 2.24) is 0 Å². The summed E-state index contributed by atoms with van der Waals surface area (Å²) in [6.45, 7) is 0. The number of carboxylic acids is 1. The van der Waals surface area contributed by atoms with Crippen molar-refractivity contribution >= 4 is 39.3 Å². The number of carboxylic acid groups (broad SMARTS) is 1. The van der Waals surface area contributed by atoms with Crippen LogP contribution in [0, 0.1) is 10.1 Å². The summed E-state index contributed by atoms with van der Waals surface area (Å²) < 4.78 is 0.649. The maximum atomic E-state index is 11.0. The second kappa shape index (κ2) is 6.73. The fraction of sp³-hybridized carbons (Fsp3) is 0.0714. The Morgan fingerprint density at radius 2 is 2.05 bits per heavy atom. The fourth-order valence-corrected chi connectivity index (χ4v) is 3.01. The molecule has 0 aliphatic carbocycles. The summed E-state index contributed by atoms with van der Waals surface area (Å²) >= 11 is 4.57. The normalized spacial score (nSPS) is 10.3. The van der Waals surface area contributed by atoms with Gasteiger partial charge in [-0.15, -0.1) is 11.8 Å². The van der Waals surface area contributed by atoms with Gasteiger partial charge in [-0.05, 0) is 24.3 Å². The highest BCUT2D eigenvalue weighted by atomic mass is 79.9. The number of nitro groups is 1. The van der Waals surface area contributed by atoms with E-state index in [0.29, 0.717) is 15.8 Å². The van der Waals surface area contributed by atoms with E-state index in [0.717, 1.165) is 4.90 Å². The van der Waals surface area contributed by atoms with Crippen LogP contribution in [-0.2, 0) is 5.75 Å². The Labute approximate surface area is 133 Å². The van der Waals surface area contributed by atoms with Crippen LogP contribution in [0.2, 0.25) is 0 Å². The lowest BCUT2D eigenvalue weighted by molar-refractivity contribution is -0.385. The molecule has 0 aliphatic rings. The molecule has 7 heteroatoms. The number of hydrogen-bond acceptors (Lipinski definition) is 4. The molecule has 108 valence electrons. The molecular formula is C14H10BrNO4S. The van der Waals surface area contributed by atoms with Crippen molar-refractivity contribution in [1.29, 1.82) is 0 Å². The Morgan fingerprint density at radius 3 is 2.71 bits per heavy atom. The van der Waals surface area contributed by atoms with Gasteiger partial charge in [-0.3, -0.25) is 10.1 Å². The molecule has 0 heterocycles. The topological polar surface area (TPSA) is 80.4 Å². The van der Waals surface area contributed by atoms with Crippen LogP contribution in [0.1, 0.15) is 15.9 Å². The van der Waals surface area contributed by atoms with Crippen molar-refractivity contribution in [3.63, 3.8) is 0 Å². The van der Waals surface area contributed by atoms with Gasteiger partial charge < -0.3 is 5.11 Å². The molecule has 0 aromatic heterocycles. The van der Waals surface area contributed by atoms with E-state index in [2.05, 4.69) is 15.9 Å². The van der Waals surface area contributed by atoms with Gasteiger partial charge in [-0.1, -0.05) is 28.1 Å². The van der Waals surface area contributed by atoms with E-state index in [-0.39, 0.29) is 11.3 Å². The van der Waals surface area contributed by atoms with Gasteiger partial charge in [0.05, 0.1) is 10.5 Å². The minimum absolute atomic E-state index is 0.0475. The van der Waals surface area contributed by atoms with Crippen LogP contribution in [0.3, 0.4) is 0 Å². The summed E-state index contributed by atoms with van der Waals surface area (Å²) in [5, 5.41) is 20.0. The molecule has 0 fully saturated rings. The third-order valence-electron chi connectivity index (χ3n) is 2.72. The van der Waals surface area contributed by atoms with Crippen molar-refractivity contribution in [2.24, 2.45) is 0 Å². The van der Waals surface area contributed by atoms with Gasteiger partial charge in [0.15, 0.2) is 0 Å². The number of benzene rings is 2. The van der Waals surface area contributed by atoms with Gasteiger partial charge in [0.2, 0.25) is 0 Å². The van der Waals surface area contributed by atoms with Gasteiger partial charge in [0.1, 0.15) is 0 Å². The van der Waals surface area contributed by atoms with Crippen LogP contribution in [-0.4, -0.2) is 16.0 Å². The number of hydrogen-bond donors (Lipinski definition) is 1. The summed E-state index contributed by atoms with van der Waals surface area (Å²) in [4.78, 5) is 22.3. The van der Waals surface area contributed by atoms with Crippen molar-refractivity contribution in [2.75, 3.05) is 0 Å². The van der Waals surface area contributed by atoms with Gasteiger partial charge in [0.25, 0.3) is 5.69 Å². The number of nitrogens with zero attached hydrogens (tertiary/aromatic N) is 1. The van der Waals surface area contributed by atoms with E-state index >= 15 is 0 Å². The van der Waals surface area contributed by atoms with Crippen LogP contribution in [0.4, 0.5) is 5.69 Å². The minimum Gasteiger partial charge on any atom is -0.478 e. The number of carbonyl (C=O) groups is 1. The van der Waals surface area contributed by atoms with E-state index in [1.165, 1.54) is 23.9 Å². The Morgan fingerprint density at radius 1 is 1.29 bits per heavy atom. The minimum atomic E-state index is -0.993. The highest BCUT2D eigenvalue weighted by Crippen LogP contribution is 2.30. The third kappa shape index (κ3) is 4.05. The van der Waals surface area contributed by atoms with Gasteiger partial charge in [0, 0.05) is 26.8 Å². The summed E-state index contributed by atoms with van der Waals surface area (Å²) in [5.74, 6) is -0.598. The Bertz CT molecular complexity index is 705. The molecule has 0 amide bonds. The summed E-state index contributed by atoms with van der Waals surface area (Å²) in [7, 11) is 0. The molecule has 5 nitrogen and oxygen atoms in total. The number of nitro benzene ring substituents is 1. The second-order valence-corrected chi connectivity index (χ2v) is 6.12. The third-order valence-corrected chi connectivity index (χ3v) is 4.26. The Hall–Kier alpha value is -1.86.